The maximum Gasteiger partial charge on any atom is 0.0358 e. The van der Waals surface area contributed by atoms with E-state index in [1.807, 2.05) is 11.3 Å². The Morgan fingerprint density at radius 1 is 0.520 bits per heavy atom. The summed E-state index contributed by atoms with van der Waals surface area (Å²) in [4.78, 5) is 1.44. The number of allylic oxidation sites excluding steroid dienone is 1. The molecule has 0 nitrogen and oxygen atoms in total. The Morgan fingerprint density at radius 3 is 1.96 bits per heavy atom. The lowest BCUT2D eigenvalue weighted by molar-refractivity contribution is 0.661. The van der Waals surface area contributed by atoms with Crippen LogP contribution in [0.5, 0.6) is 0 Å². The van der Waals surface area contributed by atoms with Gasteiger partial charge in [0, 0.05) is 20.4 Å². The van der Waals surface area contributed by atoms with Gasteiger partial charge in [-0.1, -0.05) is 141 Å². The summed E-state index contributed by atoms with van der Waals surface area (Å²) < 4.78 is 1.41. The smallest absolute Gasteiger partial charge is 0.0358 e. The van der Waals surface area contributed by atoms with Crippen LogP contribution in [0.15, 0.2) is 140 Å². The van der Waals surface area contributed by atoms with Crippen molar-refractivity contribution < 1.29 is 0 Å². The highest BCUT2D eigenvalue weighted by Gasteiger charge is 2.37. The van der Waals surface area contributed by atoms with Crippen molar-refractivity contribution in [3.8, 4) is 33.4 Å². The second kappa shape index (κ2) is 10.3. The first-order chi connectivity index (χ1) is 24.6. The van der Waals surface area contributed by atoms with E-state index in [2.05, 4.69) is 159 Å². The summed E-state index contributed by atoms with van der Waals surface area (Å²) >= 11 is 1.95. The molecule has 1 heteroatoms. The first kappa shape index (κ1) is 28.3. The van der Waals surface area contributed by atoms with Gasteiger partial charge < -0.3 is 0 Å². The predicted octanol–water partition coefficient (Wildman–Crippen LogP) is 14.1. The molecule has 2 aliphatic carbocycles. The minimum atomic E-state index is -0.116. The SMILES string of the molecule is CC1(C)c2cc(-c3c4ccccc4c(-c4cccc5ccccc45)c4ccccc34)ccc2-c2c1ccc1c2ccc2sc3c(c21)CCC=C3. The minimum absolute atomic E-state index is 0.116. The van der Waals surface area contributed by atoms with Crippen molar-refractivity contribution in [2.75, 3.05) is 0 Å². The number of benzene rings is 8. The summed E-state index contributed by atoms with van der Waals surface area (Å²) in [5.41, 5.74) is 12.3. The largest absolute Gasteiger partial charge is 0.136 e. The fourth-order valence-electron chi connectivity index (χ4n) is 9.45. The summed E-state index contributed by atoms with van der Waals surface area (Å²) in [6.45, 7) is 4.84. The fourth-order valence-corrected chi connectivity index (χ4v) is 10.6. The zero-order chi connectivity index (χ0) is 33.1. The molecule has 0 aliphatic heterocycles. The van der Waals surface area contributed by atoms with Gasteiger partial charge in [0.15, 0.2) is 0 Å². The van der Waals surface area contributed by atoms with Crippen molar-refractivity contribution in [1.29, 1.82) is 0 Å². The molecular formula is C49H34S. The van der Waals surface area contributed by atoms with Crippen molar-refractivity contribution in [3.05, 3.63) is 161 Å². The highest BCUT2D eigenvalue weighted by molar-refractivity contribution is 7.20. The van der Waals surface area contributed by atoms with Crippen molar-refractivity contribution >= 4 is 70.6 Å². The van der Waals surface area contributed by atoms with Crippen molar-refractivity contribution in [1.82, 2.24) is 0 Å². The van der Waals surface area contributed by atoms with E-state index >= 15 is 0 Å². The van der Waals surface area contributed by atoms with Crippen LogP contribution in [0.25, 0.3) is 92.6 Å². The average Bonchev–Trinajstić information content (AvgIpc) is 3.65. The number of hydrogen-bond donors (Lipinski definition) is 0. The first-order valence-electron chi connectivity index (χ1n) is 17.8. The molecule has 0 atom stereocenters. The van der Waals surface area contributed by atoms with Crippen molar-refractivity contribution in [2.45, 2.75) is 32.1 Å². The van der Waals surface area contributed by atoms with Crippen LogP contribution < -0.4 is 0 Å². The third-order valence-corrected chi connectivity index (χ3v) is 12.9. The van der Waals surface area contributed by atoms with Crippen LogP contribution >= 0.6 is 11.3 Å². The van der Waals surface area contributed by atoms with E-state index in [-0.39, 0.29) is 5.41 Å². The fraction of sp³-hybridized carbons (Fsp3) is 0.102. The highest BCUT2D eigenvalue weighted by Crippen LogP contribution is 2.54. The molecule has 11 rings (SSSR count). The van der Waals surface area contributed by atoms with Crippen LogP contribution in [-0.2, 0) is 11.8 Å². The molecule has 0 fully saturated rings. The van der Waals surface area contributed by atoms with E-state index in [0.29, 0.717) is 0 Å². The Kier molecular flexibility index (Phi) is 5.82. The maximum absolute atomic E-state index is 2.52. The molecule has 0 unspecified atom stereocenters. The van der Waals surface area contributed by atoms with Gasteiger partial charge in [0.05, 0.1) is 0 Å². The predicted molar refractivity (Wildman–Crippen MR) is 218 cm³/mol. The highest BCUT2D eigenvalue weighted by atomic mass is 32.1. The second-order valence-electron chi connectivity index (χ2n) is 14.7. The molecular weight excluding hydrogens is 621 g/mol. The number of aryl methyl sites for hydroxylation is 1. The van der Waals surface area contributed by atoms with E-state index in [0.717, 1.165) is 12.8 Å². The third-order valence-electron chi connectivity index (χ3n) is 11.7. The summed E-state index contributed by atoms with van der Waals surface area (Å²) in [7, 11) is 0. The second-order valence-corrected chi connectivity index (χ2v) is 15.7. The molecule has 0 bridgehead atoms. The van der Waals surface area contributed by atoms with Gasteiger partial charge >= 0.3 is 0 Å². The van der Waals surface area contributed by atoms with Crippen LogP contribution in [-0.4, -0.2) is 0 Å². The number of rotatable bonds is 2. The molecule has 1 heterocycles. The minimum Gasteiger partial charge on any atom is -0.136 e. The third kappa shape index (κ3) is 3.76. The molecule has 236 valence electrons. The summed E-state index contributed by atoms with van der Waals surface area (Å²) in [6, 6.07) is 50.6. The van der Waals surface area contributed by atoms with Crippen molar-refractivity contribution in [3.63, 3.8) is 0 Å². The van der Waals surface area contributed by atoms with E-state index in [1.165, 1.54) is 108 Å². The number of fused-ring (bicyclic) bond motifs is 12. The Labute approximate surface area is 296 Å². The number of hydrogen-bond acceptors (Lipinski definition) is 1. The number of thiophene rings is 1. The Hall–Kier alpha value is -5.50. The zero-order valence-electron chi connectivity index (χ0n) is 28.2. The van der Waals surface area contributed by atoms with E-state index in [9.17, 15) is 0 Å². The molecule has 0 spiro atoms. The van der Waals surface area contributed by atoms with Crippen LogP contribution in [0.1, 0.15) is 41.8 Å². The summed E-state index contributed by atoms with van der Waals surface area (Å²) in [6.07, 6.45) is 6.93. The van der Waals surface area contributed by atoms with Gasteiger partial charge in [0.1, 0.15) is 0 Å². The molecule has 8 aromatic carbocycles. The van der Waals surface area contributed by atoms with Gasteiger partial charge in [-0.05, 0) is 124 Å². The van der Waals surface area contributed by atoms with Crippen LogP contribution in [0.4, 0.5) is 0 Å². The zero-order valence-corrected chi connectivity index (χ0v) is 29.0. The average molecular weight is 655 g/mol. The maximum atomic E-state index is 2.52. The van der Waals surface area contributed by atoms with Gasteiger partial charge in [0.25, 0.3) is 0 Å². The summed E-state index contributed by atoms with van der Waals surface area (Å²) in [5, 5.41) is 12.0. The first-order valence-corrected chi connectivity index (χ1v) is 18.6. The van der Waals surface area contributed by atoms with Crippen LogP contribution in [0.3, 0.4) is 0 Å². The lowest BCUT2D eigenvalue weighted by Gasteiger charge is -2.23. The van der Waals surface area contributed by atoms with Crippen LogP contribution in [0.2, 0.25) is 0 Å². The van der Waals surface area contributed by atoms with Crippen molar-refractivity contribution in [2.24, 2.45) is 0 Å². The van der Waals surface area contributed by atoms with E-state index in [4.69, 9.17) is 0 Å². The molecule has 0 saturated heterocycles. The quantitative estimate of drug-likeness (QED) is 0.163. The van der Waals surface area contributed by atoms with Gasteiger partial charge in [-0.2, -0.15) is 0 Å². The standard InChI is InChI=1S/C49H34S/c1-49(2)41-26-24-38-37(25-27-44-48(38)40-19-9-10-21-43(40)50-44)47(41)39-23-22-30(28-42(39)49)45-33-15-5-7-17-35(33)46(36-18-8-6-16-34(36)45)32-20-11-13-29-12-3-4-14-31(29)32/h3-8,10-18,20-28H,9,19H2,1-2H3. The Balaban J connectivity index is 1.17. The molecule has 9 aromatic rings. The molecule has 2 aliphatic rings. The monoisotopic (exact) mass is 654 g/mol. The van der Waals surface area contributed by atoms with E-state index in [1.54, 1.807) is 0 Å². The van der Waals surface area contributed by atoms with Gasteiger partial charge in [0.2, 0.25) is 0 Å². The molecule has 0 saturated carbocycles. The molecule has 0 amide bonds. The normalized spacial score (nSPS) is 14.5. The lowest BCUT2D eigenvalue weighted by atomic mass is 9.80. The Morgan fingerprint density at radius 2 is 1.18 bits per heavy atom. The summed E-state index contributed by atoms with van der Waals surface area (Å²) in [5.74, 6) is 0. The van der Waals surface area contributed by atoms with Crippen LogP contribution in [0, 0.1) is 0 Å². The molecule has 0 N–H and O–H groups in total. The van der Waals surface area contributed by atoms with E-state index < -0.39 is 0 Å². The molecule has 50 heavy (non-hydrogen) atoms. The molecule has 1 aromatic heterocycles. The molecule has 0 radical (unpaired) electrons. The topological polar surface area (TPSA) is 0 Å². The van der Waals surface area contributed by atoms with Gasteiger partial charge in [-0.15, -0.1) is 11.3 Å². The lowest BCUT2D eigenvalue weighted by Crippen LogP contribution is -2.15. The Bertz CT molecular complexity index is 2890. The van der Waals surface area contributed by atoms with Gasteiger partial charge in [-0.25, -0.2) is 0 Å². The van der Waals surface area contributed by atoms with Gasteiger partial charge in [-0.3, -0.25) is 0 Å².